The van der Waals surface area contributed by atoms with Gasteiger partial charge in [0.2, 0.25) is 11.8 Å². The van der Waals surface area contributed by atoms with Crippen LogP contribution in [0.2, 0.25) is 0 Å². The SMILES string of the molecule is COc1ncnc(OC)c1CNCC1(SC)CCC1. The third kappa shape index (κ3) is 3.12. The lowest BCUT2D eigenvalue weighted by molar-refractivity contribution is 0.335. The standard InChI is InChI=1S/C13H21N3O2S/c1-17-11-10(12(18-2)16-9-15-11)7-14-8-13(19-3)5-4-6-13/h9,14H,4-8H2,1-3H3. The zero-order chi connectivity index (χ0) is 13.7. The molecule has 0 radical (unpaired) electrons. The first-order chi connectivity index (χ1) is 9.24. The van der Waals surface area contributed by atoms with E-state index in [1.807, 2.05) is 11.8 Å². The molecule has 0 bridgehead atoms. The molecule has 0 amide bonds. The van der Waals surface area contributed by atoms with Crippen molar-refractivity contribution >= 4 is 11.8 Å². The zero-order valence-corrected chi connectivity index (χ0v) is 12.5. The van der Waals surface area contributed by atoms with Gasteiger partial charge in [-0.2, -0.15) is 11.8 Å². The summed E-state index contributed by atoms with van der Waals surface area (Å²) in [7, 11) is 3.22. The van der Waals surface area contributed by atoms with E-state index in [1.54, 1.807) is 14.2 Å². The van der Waals surface area contributed by atoms with Crippen LogP contribution in [0.15, 0.2) is 6.33 Å². The van der Waals surface area contributed by atoms with Crippen molar-refractivity contribution in [3.63, 3.8) is 0 Å². The summed E-state index contributed by atoms with van der Waals surface area (Å²) in [5.74, 6) is 1.15. The normalized spacial score (nSPS) is 16.8. The number of methoxy groups -OCH3 is 2. The van der Waals surface area contributed by atoms with E-state index in [2.05, 4.69) is 21.5 Å². The maximum atomic E-state index is 5.26. The van der Waals surface area contributed by atoms with Gasteiger partial charge in [0.15, 0.2) is 0 Å². The van der Waals surface area contributed by atoms with Crippen molar-refractivity contribution in [1.29, 1.82) is 0 Å². The van der Waals surface area contributed by atoms with E-state index < -0.39 is 0 Å². The molecule has 1 aliphatic carbocycles. The molecule has 6 heteroatoms. The Kier molecular flexibility index (Phi) is 4.87. The molecule has 1 heterocycles. The summed E-state index contributed by atoms with van der Waals surface area (Å²) in [6.07, 6.45) is 7.56. The van der Waals surface area contributed by atoms with E-state index in [1.165, 1.54) is 25.6 Å². The van der Waals surface area contributed by atoms with Crippen LogP contribution in [-0.2, 0) is 6.54 Å². The Bertz CT molecular complexity index is 397. The summed E-state index contributed by atoms with van der Waals surface area (Å²) < 4.78 is 10.9. The summed E-state index contributed by atoms with van der Waals surface area (Å²) >= 11 is 1.96. The van der Waals surface area contributed by atoms with Gasteiger partial charge in [-0.3, -0.25) is 0 Å². The lowest BCUT2D eigenvalue weighted by atomic mass is 9.84. The first kappa shape index (κ1) is 14.4. The summed E-state index contributed by atoms with van der Waals surface area (Å²) in [4.78, 5) is 8.23. The van der Waals surface area contributed by atoms with E-state index in [9.17, 15) is 0 Å². The quantitative estimate of drug-likeness (QED) is 0.824. The highest BCUT2D eigenvalue weighted by Gasteiger charge is 2.35. The van der Waals surface area contributed by atoms with Crippen molar-refractivity contribution in [2.45, 2.75) is 30.6 Å². The third-order valence-corrected chi connectivity index (χ3v) is 5.12. The van der Waals surface area contributed by atoms with Crippen LogP contribution < -0.4 is 14.8 Å². The van der Waals surface area contributed by atoms with Crippen molar-refractivity contribution in [2.75, 3.05) is 27.0 Å². The number of thioether (sulfide) groups is 1. The Morgan fingerprint density at radius 2 is 1.89 bits per heavy atom. The second-order valence-corrected chi connectivity index (χ2v) is 5.99. The monoisotopic (exact) mass is 283 g/mol. The van der Waals surface area contributed by atoms with Gasteiger partial charge in [0, 0.05) is 17.8 Å². The molecule has 1 aromatic heterocycles. The molecule has 0 saturated heterocycles. The van der Waals surface area contributed by atoms with Gasteiger partial charge in [-0.05, 0) is 19.1 Å². The molecule has 0 aromatic carbocycles. The van der Waals surface area contributed by atoms with Gasteiger partial charge in [-0.1, -0.05) is 6.42 Å². The Balaban J connectivity index is 1.98. The first-order valence-electron chi connectivity index (χ1n) is 6.42. The van der Waals surface area contributed by atoms with Crippen molar-refractivity contribution < 1.29 is 9.47 Å². The molecular formula is C13H21N3O2S. The number of aromatic nitrogens is 2. The summed E-state index contributed by atoms with van der Waals surface area (Å²) in [5, 5.41) is 3.48. The van der Waals surface area contributed by atoms with Crippen LogP contribution >= 0.6 is 11.8 Å². The van der Waals surface area contributed by atoms with Crippen molar-refractivity contribution in [3.8, 4) is 11.8 Å². The molecule has 2 rings (SSSR count). The van der Waals surface area contributed by atoms with Crippen molar-refractivity contribution in [1.82, 2.24) is 15.3 Å². The predicted molar refractivity (Wildman–Crippen MR) is 76.9 cm³/mol. The third-order valence-electron chi connectivity index (χ3n) is 3.70. The molecule has 0 spiro atoms. The van der Waals surface area contributed by atoms with Crippen LogP contribution in [0.4, 0.5) is 0 Å². The number of hydrogen-bond donors (Lipinski definition) is 1. The molecule has 5 nitrogen and oxygen atoms in total. The van der Waals surface area contributed by atoms with Gasteiger partial charge in [-0.25, -0.2) is 9.97 Å². The fourth-order valence-electron chi connectivity index (χ4n) is 2.32. The number of ether oxygens (including phenoxy) is 2. The van der Waals surface area contributed by atoms with Gasteiger partial charge in [-0.15, -0.1) is 0 Å². The van der Waals surface area contributed by atoms with E-state index in [0.29, 0.717) is 23.1 Å². The van der Waals surface area contributed by atoms with E-state index in [0.717, 1.165) is 12.1 Å². The number of hydrogen-bond acceptors (Lipinski definition) is 6. The maximum absolute atomic E-state index is 5.26. The van der Waals surface area contributed by atoms with E-state index in [4.69, 9.17) is 9.47 Å². The molecule has 1 aromatic rings. The molecule has 0 atom stereocenters. The lowest BCUT2D eigenvalue weighted by Gasteiger charge is -2.40. The predicted octanol–water partition coefficient (Wildman–Crippen LogP) is 1.87. The fraction of sp³-hybridized carbons (Fsp3) is 0.692. The highest BCUT2D eigenvalue weighted by atomic mass is 32.2. The van der Waals surface area contributed by atoms with Crippen LogP contribution in [0, 0.1) is 0 Å². The molecule has 1 fully saturated rings. The van der Waals surface area contributed by atoms with Gasteiger partial charge in [0.05, 0.1) is 19.8 Å². The van der Waals surface area contributed by atoms with Crippen molar-refractivity contribution in [3.05, 3.63) is 11.9 Å². The number of rotatable bonds is 7. The Hall–Kier alpha value is -1.01. The maximum Gasteiger partial charge on any atom is 0.224 e. The highest BCUT2D eigenvalue weighted by Crippen LogP contribution is 2.42. The average molecular weight is 283 g/mol. The van der Waals surface area contributed by atoms with Gasteiger partial charge < -0.3 is 14.8 Å². The van der Waals surface area contributed by atoms with Crippen LogP contribution in [0.3, 0.4) is 0 Å². The second-order valence-electron chi connectivity index (χ2n) is 4.72. The van der Waals surface area contributed by atoms with Crippen LogP contribution in [0.5, 0.6) is 11.8 Å². The smallest absolute Gasteiger partial charge is 0.224 e. The summed E-state index contributed by atoms with van der Waals surface area (Å²) in [6.45, 7) is 1.66. The zero-order valence-electron chi connectivity index (χ0n) is 11.7. The molecule has 1 aliphatic rings. The number of nitrogens with zero attached hydrogens (tertiary/aromatic N) is 2. The number of nitrogens with one attached hydrogen (secondary N) is 1. The lowest BCUT2D eigenvalue weighted by Crippen LogP contribution is -2.43. The van der Waals surface area contributed by atoms with Gasteiger partial charge in [0.25, 0.3) is 0 Å². The summed E-state index contributed by atoms with van der Waals surface area (Å²) in [6, 6.07) is 0. The molecule has 106 valence electrons. The fourth-order valence-corrected chi connectivity index (χ4v) is 3.27. The van der Waals surface area contributed by atoms with Crippen LogP contribution in [-0.4, -0.2) is 41.7 Å². The minimum Gasteiger partial charge on any atom is -0.481 e. The topological polar surface area (TPSA) is 56.3 Å². The minimum absolute atomic E-state index is 0.413. The minimum atomic E-state index is 0.413. The van der Waals surface area contributed by atoms with Gasteiger partial charge >= 0.3 is 0 Å². The Labute approximate surface area is 118 Å². The average Bonchev–Trinajstić information content (AvgIpc) is 2.41. The largest absolute Gasteiger partial charge is 0.481 e. The molecule has 1 N–H and O–H groups in total. The van der Waals surface area contributed by atoms with Crippen LogP contribution in [0.25, 0.3) is 0 Å². The second kappa shape index (κ2) is 6.43. The molecule has 0 aliphatic heterocycles. The summed E-state index contributed by atoms with van der Waals surface area (Å²) in [5.41, 5.74) is 0.878. The molecule has 19 heavy (non-hydrogen) atoms. The molecule has 0 unspecified atom stereocenters. The molecular weight excluding hydrogens is 262 g/mol. The van der Waals surface area contributed by atoms with Crippen molar-refractivity contribution in [2.24, 2.45) is 0 Å². The Morgan fingerprint density at radius 1 is 1.26 bits per heavy atom. The van der Waals surface area contributed by atoms with Gasteiger partial charge in [0.1, 0.15) is 6.33 Å². The Morgan fingerprint density at radius 3 is 2.32 bits per heavy atom. The first-order valence-corrected chi connectivity index (χ1v) is 7.65. The van der Waals surface area contributed by atoms with E-state index in [-0.39, 0.29) is 0 Å². The highest BCUT2D eigenvalue weighted by molar-refractivity contribution is 8.00. The van der Waals surface area contributed by atoms with Crippen LogP contribution in [0.1, 0.15) is 24.8 Å². The molecule has 1 saturated carbocycles. The van der Waals surface area contributed by atoms with E-state index >= 15 is 0 Å².